The van der Waals surface area contributed by atoms with Crippen LogP contribution in [-0.2, 0) is 0 Å². The van der Waals surface area contributed by atoms with Crippen molar-refractivity contribution in [1.82, 2.24) is 14.9 Å². The van der Waals surface area contributed by atoms with Gasteiger partial charge in [0.1, 0.15) is 0 Å². The van der Waals surface area contributed by atoms with E-state index in [4.69, 9.17) is 12.2 Å². The molecule has 1 aliphatic rings. The number of anilines is 1. The SMILES string of the molecule is Cc1cc(C2C(c3ccccn3)NC(=S)N2c2ccc(Sc3ccc([N+](=O)[O-])cc3)cc2)c(C)n1C(C)C. The van der Waals surface area contributed by atoms with Crippen LogP contribution in [-0.4, -0.2) is 19.6 Å². The lowest BCUT2D eigenvalue weighted by Crippen LogP contribution is -2.29. The lowest BCUT2D eigenvalue weighted by Gasteiger charge is -2.28. The Balaban J connectivity index is 1.50. The number of thiocarbonyl (C=S) groups is 1. The number of aromatic nitrogens is 2. The minimum absolute atomic E-state index is 0.0655. The highest BCUT2D eigenvalue weighted by Crippen LogP contribution is 2.44. The van der Waals surface area contributed by atoms with Gasteiger partial charge in [0.05, 0.1) is 22.7 Å². The Morgan fingerprint density at radius 1 is 1.03 bits per heavy atom. The quantitative estimate of drug-likeness (QED) is 0.149. The number of nitrogens with one attached hydrogen (secondary N) is 1. The van der Waals surface area contributed by atoms with E-state index in [0.29, 0.717) is 11.2 Å². The summed E-state index contributed by atoms with van der Waals surface area (Å²) in [7, 11) is 0. The summed E-state index contributed by atoms with van der Waals surface area (Å²) in [6.07, 6.45) is 1.82. The van der Waals surface area contributed by atoms with Crippen molar-refractivity contribution in [2.24, 2.45) is 0 Å². The first-order valence-electron chi connectivity index (χ1n) is 12.5. The van der Waals surface area contributed by atoms with Crippen LogP contribution >= 0.6 is 24.0 Å². The molecule has 38 heavy (non-hydrogen) atoms. The van der Waals surface area contributed by atoms with Gasteiger partial charge in [0.25, 0.3) is 5.69 Å². The van der Waals surface area contributed by atoms with Gasteiger partial charge in [0.15, 0.2) is 5.11 Å². The summed E-state index contributed by atoms with van der Waals surface area (Å²) in [5.74, 6) is 0. The van der Waals surface area contributed by atoms with E-state index in [1.807, 2.05) is 24.4 Å². The molecule has 1 aliphatic heterocycles. The molecule has 2 aromatic carbocycles. The smallest absolute Gasteiger partial charge is 0.269 e. The van der Waals surface area contributed by atoms with E-state index in [0.717, 1.165) is 21.2 Å². The molecule has 0 saturated carbocycles. The average molecular weight is 544 g/mol. The van der Waals surface area contributed by atoms with Crippen molar-refractivity contribution in [1.29, 1.82) is 0 Å². The lowest BCUT2D eigenvalue weighted by molar-refractivity contribution is -0.384. The van der Waals surface area contributed by atoms with Crippen LogP contribution in [0, 0.1) is 24.0 Å². The molecule has 1 saturated heterocycles. The van der Waals surface area contributed by atoms with Crippen LogP contribution in [0.15, 0.2) is 88.8 Å². The molecule has 2 atom stereocenters. The number of nitro groups is 1. The summed E-state index contributed by atoms with van der Waals surface area (Å²) in [5.41, 5.74) is 5.70. The van der Waals surface area contributed by atoms with E-state index in [1.165, 1.54) is 29.1 Å². The van der Waals surface area contributed by atoms with Crippen molar-refractivity contribution in [3.05, 3.63) is 112 Å². The number of benzene rings is 2. The van der Waals surface area contributed by atoms with Gasteiger partial charge in [-0.15, -0.1) is 0 Å². The topological polar surface area (TPSA) is 76.2 Å². The standard InChI is InChI=1S/C29H29N5O2S2/c1-18(2)32-19(3)17-25(20(32)4)28-27(26-7-5-6-16-30-26)31-29(37)33(28)21-8-12-23(13-9-21)38-24-14-10-22(11-15-24)34(35)36/h5-18,27-28H,1-4H3,(H,31,37). The maximum absolute atomic E-state index is 11.0. The van der Waals surface area contributed by atoms with E-state index < -0.39 is 0 Å². The maximum atomic E-state index is 11.0. The van der Waals surface area contributed by atoms with E-state index in [1.54, 1.807) is 23.9 Å². The van der Waals surface area contributed by atoms with E-state index in [-0.39, 0.29) is 22.7 Å². The monoisotopic (exact) mass is 543 g/mol. The third-order valence-electron chi connectivity index (χ3n) is 6.85. The van der Waals surface area contributed by atoms with Crippen molar-refractivity contribution in [3.63, 3.8) is 0 Å². The average Bonchev–Trinajstić information content (AvgIpc) is 3.40. The highest BCUT2D eigenvalue weighted by atomic mass is 32.2. The summed E-state index contributed by atoms with van der Waals surface area (Å²) < 4.78 is 2.37. The zero-order valence-corrected chi connectivity index (χ0v) is 23.3. The number of non-ortho nitro benzene ring substituents is 1. The third-order valence-corrected chi connectivity index (χ3v) is 8.19. The van der Waals surface area contributed by atoms with Crippen molar-refractivity contribution >= 4 is 40.5 Å². The predicted molar refractivity (Wildman–Crippen MR) is 156 cm³/mol. The summed E-state index contributed by atoms with van der Waals surface area (Å²) in [6.45, 7) is 8.75. The Morgan fingerprint density at radius 2 is 1.68 bits per heavy atom. The Kier molecular flexibility index (Phi) is 7.23. The van der Waals surface area contributed by atoms with Gasteiger partial charge in [-0.2, -0.15) is 0 Å². The van der Waals surface area contributed by atoms with Crippen molar-refractivity contribution in [2.45, 2.75) is 55.6 Å². The third kappa shape index (κ3) is 4.91. The van der Waals surface area contributed by atoms with Crippen LogP contribution in [0.25, 0.3) is 0 Å². The molecule has 9 heteroatoms. The predicted octanol–water partition coefficient (Wildman–Crippen LogP) is 7.32. The van der Waals surface area contributed by atoms with Gasteiger partial charge < -0.3 is 14.8 Å². The second-order valence-corrected chi connectivity index (χ2v) is 11.2. The molecular formula is C29H29N5O2S2. The highest BCUT2D eigenvalue weighted by molar-refractivity contribution is 7.99. The largest absolute Gasteiger partial charge is 0.351 e. The van der Waals surface area contributed by atoms with Gasteiger partial charge in [0, 0.05) is 51.2 Å². The number of nitro benzene ring substituents is 1. The minimum Gasteiger partial charge on any atom is -0.351 e. The second-order valence-electron chi connectivity index (χ2n) is 9.63. The van der Waals surface area contributed by atoms with Gasteiger partial charge in [-0.3, -0.25) is 15.1 Å². The normalized spacial score (nSPS) is 17.2. The van der Waals surface area contributed by atoms with E-state index >= 15 is 0 Å². The molecule has 2 aromatic heterocycles. The highest BCUT2D eigenvalue weighted by Gasteiger charge is 2.42. The lowest BCUT2D eigenvalue weighted by atomic mass is 9.96. The Labute approximate surface area is 232 Å². The molecule has 1 N–H and O–H groups in total. The van der Waals surface area contributed by atoms with Crippen molar-refractivity contribution in [3.8, 4) is 0 Å². The molecule has 194 valence electrons. The number of hydrogen-bond acceptors (Lipinski definition) is 5. The van der Waals surface area contributed by atoms with Crippen molar-refractivity contribution in [2.75, 3.05) is 4.90 Å². The van der Waals surface area contributed by atoms with Crippen LogP contribution in [0.2, 0.25) is 0 Å². The van der Waals surface area contributed by atoms with Crippen LogP contribution in [0.3, 0.4) is 0 Å². The number of hydrogen-bond donors (Lipinski definition) is 1. The molecule has 0 spiro atoms. The van der Waals surface area contributed by atoms with Crippen LogP contribution < -0.4 is 10.2 Å². The molecular weight excluding hydrogens is 514 g/mol. The zero-order valence-electron chi connectivity index (χ0n) is 21.7. The molecule has 5 rings (SSSR count). The first-order chi connectivity index (χ1) is 18.2. The van der Waals surface area contributed by atoms with Gasteiger partial charge in [-0.1, -0.05) is 17.8 Å². The molecule has 1 fully saturated rings. The molecule has 0 amide bonds. The van der Waals surface area contributed by atoms with Crippen LogP contribution in [0.5, 0.6) is 0 Å². The minimum atomic E-state index is -0.385. The fourth-order valence-electron chi connectivity index (χ4n) is 5.29. The Hall–Kier alpha value is -3.69. The van der Waals surface area contributed by atoms with Crippen molar-refractivity contribution < 1.29 is 4.92 Å². The molecule has 0 aliphatic carbocycles. The van der Waals surface area contributed by atoms with Gasteiger partial charge in [0.2, 0.25) is 0 Å². The number of nitrogens with zero attached hydrogens (tertiary/aromatic N) is 4. The Morgan fingerprint density at radius 3 is 2.24 bits per heavy atom. The Bertz CT molecular complexity index is 1470. The summed E-state index contributed by atoms with van der Waals surface area (Å²) in [4.78, 5) is 19.4. The van der Waals surface area contributed by atoms with Crippen LogP contribution in [0.4, 0.5) is 11.4 Å². The fourth-order valence-corrected chi connectivity index (χ4v) is 6.45. The fraction of sp³-hybridized carbons (Fsp3) is 0.241. The summed E-state index contributed by atoms with van der Waals surface area (Å²) >= 11 is 7.46. The second kappa shape index (κ2) is 10.6. The molecule has 2 unspecified atom stereocenters. The first-order valence-corrected chi connectivity index (χ1v) is 13.7. The van der Waals surface area contributed by atoms with E-state index in [2.05, 4.69) is 77.8 Å². The molecule has 3 heterocycles. The van der Waals surface area contributed by atoms with E-state index in [9.17, 15) is 10.1 Å². The van der Waals surface area contributed by atoms with Crippen LogP contribution in [0.1, 0.15) is 54.6 Å². The molecule has 7 nitrogen and oxygen atoms in total. The molecule has 4 aromatic rings. The number of pyridine rings is 1. The molecule has 0 radical (unpaired) electrons. The maximum Gasteiger partial charge on any atom is 0.269 e. The van der Waals surface area contributed by atoms with Gasteiger partial charge in [-0.25, -0.2) is 0 Å². The van der Waals surface area contributed by atoms with Gasteiger partial charge >= 0.3 is 0 Å². The summed E-state index contributed by atoms with van der Waals surface area (Å²) in [5, 5.41) is 15.2. The number of rotatable bonds is 7. The number of aryl methyl sites for hydroxylation is 1. The first kappa shape index (κ1) is 25.9. The summed E-state index contributed by atoms with van der Waals surface area (Å²) in [6, 6.07) is 23.3. The van der Waals surface area contributed by atoms with Gasteiger partial charge in [-0.05, 0) is 100 Å². The zero-order chi connectivity index (χ0) is 27.0. The molecule has 0 bridgehead atoms.